The Morgan fingerprint density at radius 1 is 1.26 bits per heavy atom. The number of nitrogens with zero attached hydrogens (tertiary/aromatic N) is 1. The molecule has 2 rings (SSSR count). The SMILES string of the molecule is CC(NC(=O)c1ccoc1)C(=O)Nc1ccncc1. The van der Waals surface area contributed by atoms with Gasteiger partial charge >= 0.3 is 0 Å². The Labute approximate surface area is 109 Å². The summed E-state index contributed by atoms with van der Waals surface area (Å²) in [6, 6.07) is 4.21. The van der Waals surface area contributed by atoms with Crippen molar-refractivity contribution in [2.75, 3.05) is 5.32 Å². The van der Waals surface area contributed by atoms with Crippen molar-refractivity contribution < 1.29 is 14.0 Å². The maximum atomic E-state index is 11.8. The van der Waals surface area contributed by atoms with Gasteiger partial charge in [-0.15, -0.1) is 0 Å². The van der Waals surface area contributed by atoms with Crippen LogP contribution in [-0.4, -0.2) is 22.8 Å². The van der Waals surface area contributed by atoms with Gasteiger partial charge in [-0.05, 0) is 25.1 Å². The number of nitrogens with one attached hydrogen (secondary N) is 2. The predicted octanol–water partition coefficient (Wildman–Crippen LogP) is 1.43. The van der Waals surface area contributed by atoms with E-state index in [1.807, 2.05) is 0 Å². The lowest BCUT2D eigenvalue weighted by molar-refractivity contribution is -0.117. The molecule has 98 valence electrons. The molecule has 0 saturated heterocycles. The molecule has 0 aliphatic heterocycles. The van der Waals surface area contributed by atoms with E-state index >= 15 is 0 Å². The van der Waals surface area contributed by atoms with E-state index in [4.69, 9.17) is 4.42 Å². The highest BCUT2D eigenvalue weighted by Gasteiger charge is 2.17. The number of pyridine rings is 1. The largest absolute Gasteiger partial charge is 0.472 e. The van der Waals surface area contributed by atoms with Crippen molar-refractivity contribution in [3.8, 4) is 0 Å². The summed E-state index contributed by atoms with van der Waals surface area (Å²) in [6.45, 7) is 1.61. The fourth-order valence-electron chi connectivity index (χ4n) is 1.42. The van der Waals surface area contributed by atoms with E-state index in [0.717, 1.165) is 0 Å². The monoisotopic (exact) mass is 259 g/mol. The Morgan fingerprint density at radius 3 is 2.63 bits per heavy atom. The van der Waals surface area contributed by atoms with Gasteiger partial charge in [0, 0.05) is 18.1 Å². The Morgan fingerprint density at radius 2 is 2.00 bits per heavy atom. The third-order valence-corrected chi connectivity index (χ3v) is 2.47. The predicted molar refractivity (Wildman–Crippen MR) is 68.5 cm³/mol. The van der Waals surface area contributed by atoms with Crippen LogP contribution in [0.3, 0.4) is 0 Å². The lowest BCUT2D eigenvalue weighted by Gasteiger charge is -2.13. The minimum atomic E-state index is -0.657. The molecule has 0 aliphatic rings. The molecule has 1 unspecified atom stereocenters. The first-order valence-electron chi connectivity index (χ1n) is 5.71. The van der Waals surface area contributed by atoms with Crippen LogP contribution in [0.1, 0.15) is 17.3 Å². The fourth-order valence-corrected chi connectivity index (χ4v) is 1.42. The second-order valence-electron chi connectivity index (χ2n) is 3.93. The van der Waals surface area contributed by atoms with E-state index in [9.17, 15) is 9.59 Å². The average Bonchev–Trinajstić information content (AvgIpc) is 2.93. The molecule has 6 heteroatoms. The van der Waals surface area contributed by atoms with E-state index in [1.165, 1.54) is 18.6 Å². The second-order valence-corrected chi connectivity index (χ2v) is 3.93. The molecule has 0 radical (unpaired) electrons. The zero-order chi connectivity index (χ0) is 13.7. The summed E-state index contributed by atoms with van der Waals surface area (Å²) in [5, 5.41) is 5.25. The number of furan rings is 1. The van der Waals surface area contributed by atoms with Gasteiger partial charge in [-0.2, -0.15) is 0 Å². The number of carbonyl (C=O) groups excluding carboxylic acids is 2. The summed E-state index contributed by atoms with van der Waals surface area (Å²) in [7, 11) is 0. The Balaban J connectivity index is 1.91. The van der Waals surface area contributed by atoms with E-state index < -0.39 is 6.04 Å². The van der Waals surface area contributed by atoms with Crippen LogP contribution in [0.5, 0.6) is 0 Å². The van der Waals surface area contributed by atoms with Crippen LogP contribution in [0.4, 0.5) is 5.69 Å². The number of hydrogen-bond donors (Lipinski definition) is 2. The van der Waals surface area contributed by atoms with E-state index in [-0.39, 0.29) is 11.8 Å². The number of aromatic nitrogens is 1. The number of carbonyl (C=O) groups is 2. The molecule has 0 bridgehead atoms. The first kappa shape index (κ1) is 12.8. The lowest BCUT2D eigenvalue weighted by Crippen LogP contribution is -2.41. The molecule has 2 amide bonds. The molecule has 6 nitrogen and oxygen atoms in total. The molecule has 0 spiro atoms. The maximum absolute atomic E-state index is 11.8. The van der Waals surface area contributed by atoms with Gasteiger partial charge in [0.05, 0.1) is 11.8 Å². The highest BCUT2D eigenvalue weighted by molar-refractivity contribution is 6.00. The Kier molecular flexibility index (Phi) is 3.92. The minimum absolute atomic E-state index is 0.303. The molecule has 0 saturated carbocycles. The Bertz CT molecular complexity index is 552. The summed E-state index contributed by atoms with van der Waals surface area (Å²) < 4.78 is 4.81. The van der Waals surface area contributed by atoms with Crippen molar-refractivity contribution in [2.45, 2.75) is 13.0 Å². The highest BCUT2D eigenvalue weighted by atomic mass is 16.3. The van der Waals surface area contributed by atoms with E-state index in [2.05, 4.69) is 15.6 Å². The maximum Gasteiger partial charge on any atom is 0.255 e. The van der Waals surface area contributed by atoms with E-state index in [0.29, 0.717) is 11.3 Å². The summed E-state index contributed by atoms with van der Waals surface area (Å²) in [5.74, 6) is -0.658. The van der Waals surface area contributed by atoms with E-state index in [1.54, 1.807) is 31.5 Å². The summed E-state index contributed by atoms with van der Waals surface area (Å²) in [5.41, 5.74) is 1.01. The molecule has 19 heavy (non-hydrogen) atoms. The zero-order valence-corrected chi connectivity index (χ0v) is 10.3. The number of amides is 2. The smallest absolute Gasteiger partial charge is 0.255 e. The van der Waals surface area contributed by atoms with Crippen LogP contribution in [0.25, 0.3) is 0 Å². The number of anilines is 1. The molecule has 2 heterocycles. The minimum Gasteiger partial charge on any atom is -0.472 e. The second kappa shape index (κ2) is 5.81. The van der Waals surface area contributed by atoms with Gasteiger partial charge in [-0.3, -0.25) is 14.6 Å². The van der Waals surface area contributed by atoms with Crippen molar-refractivity contribution in [1.82, 2.24) is 10.3 Å². The van der Waals surface area contributed by atoms with Crippen LogP contribution >= 0.6 is 0 Å². The lowest BCUT2D eigenvalue weighted by atomic mass is 10.2. The molecule has 0 fully saturated rings. The quantitative estimate of drug-likeness (QED) is 0.870. The third kappa shape index (κ3) is 3.41. The molecule has 0 aromatic carbocycles. The van der Waals surface area contributed by atoms with Gasteiger partial charge in [0.25, 0.3) is 5.91 Å². The molecule has 1 atom stereocenters. The van der Waals surface area contributed by atoms with Crippen LogP contribution in [-0.2, 0) is 4.79 Å². The fraction of sp³-hybridized carbons (Fsp3) is 0.154. The van der Waals surface area contributed by atoms with Crippen molar-refractivity contribution in [2.24, 2.45) is 0 Å². The van der Waals surface area contributed by atoms with Crippen LogP contribution < -0.4 is 10.6 Å². The van der Waals surface area contributed by atoms with Crippen LogP contribution in [0, 0.1) is 0 Å². The summed E-state index contributed by atoms with van der Waals surface area (Å²) >= 11 is 0. The van der Waals surface area contributed by atoms with Gasteiger partial charge < -0.3 is 15.1 Å². The third-order valence-electron chi connectivity index (χ3n) is 2.47. The standard InChI is InChI=1S/C13H13N3O3/c1-9(15-13(18)10-4-7-19-8-10)12(17)16-11-2-5-14-6-3-11/h2-9H,1H3,(H,15,18)(H,14,16,17). The van der Waals surface area contributed by atoms with Gasteiger partial charge in [0.1, 0.15) is 12.3 Å². The molecule has 0 aliphatic carbocycles. The molecule has 2 aromatic heterocycles. The van der Waals surface area contributed by atoms with Gasteiger partial charge in [-0.1, -0.05) is 0 Å². The van der Waals surface area contributed by atoms with Crippen molar-refractivity contribution in [3.05, 3.63) is 48.7 Å². The van der Waals surface area contributed by atoms with Crippen LogP contribution in [0.2, 0.25) is 0 Å². The van der Waals surface area contributed by atoms with Crippen molar-refractivity contribution >= 4 is 17.5 Å². The molecular weight excluding hydrogens is 246 g/mol. The normalized spacial score (nSPS) is 11.6. The molecule has 2 aromatic rings. The summed E-state index contributed by atoms with van der Waals surface area (Å²) in [6.07, 6.45) is 5.87. The topological polar surface area (TPSA) is 84.2 Å². The average molecular weight is 259 g/mol. The Hall–Kier alpha value is -2.63. The zero-order valence-electron chi connectivity index (χ0n) is 10.3. The molecular formula is C13H13N3O3. The number of rotatable bonds is 4. The van der Waals surface area contributed by atoms with Gasteiger partial charge in [-0.25, -0.2) is 0 Å². The molecule has 2 N–H and O–H groups in total. The van der Waals surface area contributed by atoms with Gasteiger partial charge in [0.2, 0.25) is 5.91 Å². The van der Waals surface area contributed by atoms with Crippen molar-refractivity contribution in [1.29, 1.82) is 0 Å². The number of hydrogen-bond acceptors (Lipinski definition) is 4. The van der Waals surface area contributed by atoms with Crippen molar-refractivity contribution in [3.63, 3.8) is 0 Å². The first-order valence-corrected chi connectivity index (χ1v) is 5.71. The highest BCUT2D eigenvalue weighted by Crippen LogP contribution is 2.05. The van der Waals surface area contributed by atoms with Crippen LogP contribution in [0.15, 0.2) is 47.5 Å². The first-order chi connectivity index (χ1) is 9.16. The summed E-state index contributed by atoms with van der Waals surface area (Å²) in [4.78, 5) is 27.4. The van der Waals surface area contributed by atoms with Gasteiger partial charge in [0.15, 0.2) is 0 Å².